The van der Waals surface area contributed by atoms with Crippen molar-refractivity contribution in [2.75, 3.05) is 24.7 Å². The molecule has 1 aliphatic rings. The Hall–Kier alpha value is -1.84. The van der Waals surface area contributed by atoms with E-state index in [1.807, 2.05) is 30.3 Å². The molecule has 258 valence electrons. The maximum atomic E-state index is 14.5. The summed E-state index contributed by atoms with van der Waals surface area (Å²) >= 11 is 22.4. The van der Waals surface area contributed by atoms with Gasteiger partial charge in [-0.25, -0.2) is 0 Å². The van der Waals surface area contributed by atoms with Crippen molar-refractivity contribution in [1.29, 1.82) is 0 Å². The molecule has 1 fully saturated rings. The van der Waals surface area contributed by atoms with Crippen molar-refractivity contribution in [3.8, 4) is 11.5 Å². The number of benzene rings is 4. The number of hydrogen-bond donors (Lipinski definition) is 0. The molecule has 1 heterocycles. The van der Waals surface area contributed by atoms with Crippen molar-refractivity contribution >= 4 is 78.6 Å². The van der Waals surface area contributed by atoms with Crippen LogP contribution in [0.15, 0.2) is 93.9 Å². The third kappa shape index (κ3) is 10.3. The lowest BCUT2D eigenvalue weighted by atomic mass is 10.0. The van der Waals surface area contributed by atoms with Crippen LogP contribution in [0.3, 0.4) is 0 Å². The zero-order chi connectivity index (χ0) is 35.3. The molecular formula is C32H22Br2Cl2F8O2S2. The fourth-order valence-electron chi connectivity index (χ4n) is 4.39. The van der Waals surface area contributed by atoms with E-state index in [-0.39, 0.29) is 20.6 Å². The Morgan fingerprint density at radius 1 is 0.625 bits per heavy atom. The highest BCUT2D eigenvalue weighted by atomic mass is 79.9. The minimum absolute atomic E-state index is 0.115. The average molecular weight is 885 g/mol. The van der Waals surface area contributed by atoms with Crippen molar-refractivity contribution in [1.82, 2.24) is 0 Å². The van der Waals surface area contributed by atoms with Gasteiger partial charge in [-0.1, -0.05) is 67.2 Å². The monoisotopic (exact) mass is 882 g/mol. The largest absolute Gasteiger partial charge is 0.484 e. The van der Waals surface area contributed by atoms with E-state index in [1.165, 1.54) is 18.2 Å². The molecule has 4 aromatic carbocycles. The molecule has 0 atom stereocenters. The summed E-state index contributed by atoms with van der Waals surface area (Å²) in [6.45, 7) is -2.78. The predicted octanol–water partition coefficient (Wildman–Crippen LogP) is 12.9. The highest BCUT2D eigenvalue weighted by Gasteiger charge is 2.41. The molecule has 2 nitrogen and oxygen atoms in total. The summed E-state index contributed by atoms with van der Waals surface area (Å²) in [7, 11) is 0. The SMILES string of the molecule is FC(F)(F)COc1ccc(C(F)(F)c2cc(Br)ccc2Cl)cc1.FC(F)(F)COc1ccc(C2(c3cc(Br)ccc3Cl)SCCS2)cc1. The Kier molecular flexibility index (Phi) is 13.0. The molecule has 0 aliphatic carbocycles. The second kappa shape index (κ2) is 16.0. The molecule has 48 heavy (non-hydrogen) atoms. The molecule has 1 aliphatic heterocycles. The summed E-state index contributed by atoms with van der Waals surface area (Å²) in [6.07, 6.45) is -8.84. The van der Waals surface area contributed by atoms with Crippen molar-refractivity contribution in [3.63, 3.8) is 0 Å². The van der Waals surface area contributed by atoms with Crippen LogP contribution in [0.4, 0.5) is 35.1 Å². The van der Waals surface area contributed by atoms with Crippen molar-refractivity contribution in [2.45, 2.75) is 22.4 Å². The zero-order valence-electron chi connectivity index (χ0n) is 24.1. The first-order valence-corrected chi connectivity index (χ1v) is 17.9. The zero-order valence-corrected chi connectivity index (χ0v) is 30.4. The van der Waals surface area contributed by atoms with Gasteiger partial charge in [0, 0.05) is 42.2 Å². The molecule has 1 saturated heterocycles. The molecular weight excluding hydrogens is 863 g/mol. The summed E-state index contributed by atoms with van der Waals surface area (Å²) in [4.78, 5) is 0. The van der Waals surface area contributed by atoms with E-state index in [9.17, 15) is 35.1 Å². The third-order valence-electron chi connectivity index (χ3n) is 6.50. The summed E-state index contributed by atoms with van der Waals surface area (Å²) in [5, 5.41) is 0.554. The lowest BCUT2D eigenvalue weighted by Crippen LogP contribution is -2.19. The van der Waals surface area contributed by atoms with Crippen LogP contribution in [0.2, 0.25) is 10.0 Å². The molecule has 5 rings (SSSR count). The highest BCUT2D eigenvalue weighted by molar-refractivity contribution is 9.10. The topological polar surface area (TPSA) is 18.5 Å². The van der Waals surface area contributed by atoms with Crippen LogP contribution in [0.5, 0.6) is 11.5 Å². The minimum atomic E-state index is -4.49. The maximum Gasteiger partial charge on any atom is 0.422 e. The normalized spacial score (nSPS) is 14.7. The first kappa shape index (κ1) is 39.0. The van der Waals surface area contributed by atoms with Gasteiger partial charge in [0.1, 0.15) is 15.6 Å². The van der Waals surface area contributed by atoms with Crippen LogP contribution >= 0.6 is 78.6 Å². The number of thioether (sulfide) groups is 2. The quantitative estimate of drug-likeness (QED) is 0.164. The molecule has 0 radical (unpaired) electrons. The lowest BCUT2D eigenvalue weighted by molar-refractivity contribution is -0.154. The predicted molar refractivity (Wildman–Crippen MR) is 183 cm³/mol. The van der Waals surface area contributed by atoms with Gasteiger partial charge < -0.3 is 9.47 Å². The van der Waals surface area contributed by atoms with Gasteiger partial charge in [-0.3, -0.25) is 0 Å². The summed E-state index contributed by atoms with van der Waals surface area (Å²) in [6, 6.07) is 20.7. The van der Waals surface area contributed by atoms with Gasteiger partial charge in [0.2, 0.25) is 0 Å². The molecule has 0 unspecified atom stereocenters. The smallest absolute Gasteiger partial charge is 0.422 e. The van der Waals surface area contributed by atoms with Gasteiger partial charge >= 0.3 is 12.4 Å². The second-order valence-corrected chi connectivity index (χ2v) is 15.5. The van der Waals surface area contributed by atoms with Crippen LogP contribution in [0.25, 0.3) is 0 Å². The van der Waals surface area contributed by atoms with Gasteiger partial charge in [0.25, 0.3) is 5.92 Å². The lowest BCUT2D eigenvalue weighted by Gasteiger charge is -2.30. The minimum Gasteiger partial charge on any atom is -0.484 e. The van der Waals surface area contributed by atoms with Crippen LogP contribution in [-0.4, -0.2) is 37.1 Å². The Morgan fingerprint density at radius 2 is 1.08 bits per heavy atom. The third-order valence-corrected chi connectivity index (χ3v) is 11.7. The number of alkyl halides is 8. The van der Waals surface area contributed by atoms with Gasteiger partial charge in [0.05, 0.1) is 5.02 Å². The van der Waals surface area contributed by atoms with Crippen LogP contribution in [0.1, 0.15) is 22.3 Å². The van der Waals surface area contributed by atoms with E-state index in [1.54, 1.807) is 35.7 Å². The van der Waals surface area contributed by atoms with Crippen molar-refractivity contribution in [3.05, 3.63) is 126 Å². The first-order valence-electron chi connectivity index (χ1n) is 13.6. The number of ether oxygens (including phenoxy) is 2. The number of hydrogen-bond acceptors (Lipinski definition) is 4. The molecule has 0 spiro atoms. The summed E-state index contributed by atoms with van der Waals surface area (Å²) in [5.74, 6) is -1.41. The summed E-state index contributed by atoms with van der Waals surface area (Å²) < 4.78 is 112. The standard InChI is InChI=1S/C17H13BrClF3OS2.C15H9BrClF5O/c18-12-3-6-15(19)14(9-12)17(24-7-8-25-17)11-1-4-13(5-2-11)23-10-16(20,21)22;16-10-3-6-13(17)12(7-10)15(21,22)9-1-4-11(5-2-9)23-8-14(18,19)20/h1-6,9H,7-8,10H2;1-7H,8H2. The van der Waals surface area contributed by atoms with E-state index in [4.69, 9.17) is 27.9 Å². The molecule has 16 heteroatoms. The van der Waals surface area contributed by atoms with Crippen molar-refractivity contribution < 1.29 is 44.6 Å². The Bertz CT molecular complexity index is 1680. The highest BCUT2D eigenvalue weighted by Crippen LogP contribution is 2.58. The van der Waals surface area contributed by atoms with Gasteiger partial charge in [0.15, 0.2) is 13.2 Å². The Balaban J connectivity index is 0.000000218. The van der Waals surface area contributed by atoms with E-state index < -0.39 is 42.6 Å². The summed E-state index contributed by atoms with van der Waals surface area (Å²) in [5.41, 5.74) is 1.16. The van der Waals surface area contributed by atoms with Gasteiger partial charge in [-0.05, 0) is 78.4 Å². The van der Waals surface area contributed by atoms with Gasteiger partial charge in [-0.2, -0.15) is 35.1 Å². The van der Waals surface area contributed by atoms with Crippen LogP contribution in [-0.2, 0) is 10.0 Å². The van der Waals surface area contributed by atoms with Gasteiger partial charge in [-0.15, -0.1) is 23.5 Å². The fraction of sp³-hybridized carbons (Fsp3) is 0.250. The molecule has 0 aromatic heterocycles. The number of halogens is 12. The van der Waals surface area contributed by atoms with E-state index in [0.29, 0.717) is 9.50 Å². The number of rotatable bonds is 8. The van der Waals surface area contributed by atoms with Crippen molar-refractivity contribution in [2.24, 2.45) is 0 Å². The average Bonchev–Trinajstić information content (AvgIpc) is 3.52. The first-order chi connectivity index (χ1) is 22.4. The van der Waals surface area contributed by atoms with Crippen LogP contribution in [0, 0.1) is 0 Å². The van der Waals surface area contributed by atoms with E-state index >= 15 is 0 Å². The molecule has 4 aromatic rings. The molecule has 0 amide bonds. The Labute approximate surface area is 306 Å². The molecule has 0 saturated carbocycles. The van der Waals surface area contributed by atoms with Crippen LogP contribution < -0.4 is 9.47 Å². The van der Waals surface area contributed by atoms with E-state index in [2.05, 4.69) is 36.6 Å². The molecule has 0 N–H and O–H groups in total. The molecule has 0 bridgehead atoms. The van der Waals surface area contributed by atoms with E-state index in [0.717, 1.165) is 51.4 Å². The fourth-order valence-corrected chi connectivity index (χ4v) is 9.05. The Morgan fingerprint density at radius 3 is 1.58 bits per heavy atom. The second-order valence-electron chi connectivity index (χ2n) is 9.99. The maximum absolute atomic E-state index is 14.5.